The van der Waals surface area contributed by atoms with Crippen LogP contribution in [0.5, 0.6) is 0 Å². The van der Waals surface area contributed by atoms with E-state index in [0.717, 1.165) is 29.4 Å². The average molecular weight is 380 g/mol. The Balaban J connectivity index is 1.81. The zero-order valence-corrected chi connectivity index (χ0v) is 16.8. The molecule has 1 aromatic heterocycles. The lowest BCUT2D eigenvalue weighted by Gasteiger charge is -2.46. The van der Waals surface area contributed by atoms with Crippen LogP contribution in [-0.2, 0) is 11.8 Å². The summed E-state index contributed by atoms with van der Waals surface area (Å²) in [5.41, 5.74) is 0.125. The van der Waals surface area contributed by atoms with Gasteiger partial charge in [0.15, 0.2) is 5.82 Å². The van der Waals surface area contributed by atoms with Gasteiger partial charge in [-0.2, -0.15) is 5.10 Å². The van der Waals surface area contributed by atoms with E-state index in [1.54, 1.807) is 11.0 Å². The Morgan fingerprint density at radius 2 is 2.04 bits per heavy atom. The van der Waals surface area contributed by atoms with Crippen LogP contribution in [0.4, 0.5) is 0 Å². The van der Waals surface area contributed by atoms with E-state index in [2.05, 4.69) is 36.1 Å². The van der Waals surface area contributed by atoms with E-state index in [0.29, 0.717) is 5.92 Å². The molecule has 3 rings (SSSR count). The topological polar surface area (TPSA) is 39.9 Å². The third-order valence-electron chi connectivity index (χ3n) is 5.21. The summed E-state index contributed by atoms with van der Waals surface area (Å²) in [5.74, 6) is 2.64. The van der Waals surface area contributed by atoms with Gasteiger partial charge in [0.05, 0.1) is 12.0 Å². The molecule has 1 saturated carbocycles. The lowest BCUT2D eigenvalue weighted by atomic mass is 9.65. The number of ether oxygens (including phenoxy) is 1. The minimum Gasteiger partial charge on any atom is -0.380 e. The molecule has 4 nitrogen and oxygen atoms in total. The van der Waals surface area contributed by atoms with Gasteiger partial charge in [0.1, 0.15) is 6.33 Å². The van der Waals surface area contributed by atoms with Crippen LogP contribution in [0, 0.1) is 11.3 Å². The number of benzene rings is 1. The zero-order chi connectivity index (χ0) is 18.0. The van der Waals surface area contributed by atoms with Gasteiger partial charge in [0.25, 0.3) is 0 Å². The lowest BCUT2D eigenvalue weighted by Crippen LogP contribution is -2.45. The molecule has 0 saturated heterocycles. The molecule has 1 fully saturated rings. The maximum Gasteiger partial charge on any atom is 0.156 e. The van der Waals surface area contributed by atoms with Crippen LogP contribution in [0.3, 0.4) is 0 Å². The predicted molar refractivity (Wildman–Crippen MR) is 103 cm³/mol. The molecule has 25 heavy (non-hydrogen) atoms. The highest BCUT2D eigenvalue weighted by molar-refractivity contribution is 7.99. The molecular formula is C19H26ClN3OS. The largest absolute Gasteiger partial charge is 0.380 e. The van der Waals surface area contributed by atoms with Crippen LogP contribution >= 0.6 is 23.4 Å². The number of aryl methyl sites for hydroxylation is 1. The molecule has 0 spiro atoms. The van der Waals surface area contributed by atoms with Crippen LogP contribution in [0.15, 0.2) is 35.5 Å². The van der Waals surface area contributed by atoms with E-state index in [4.69, 9.17) is 16.3 Å². The smallest absolute Gasteiger partial charge is 0.156 e. The van der Waals surface area contributed by atoms with Gasteiger partial charge < -0.3 is 4.74 Å². The molecule has 6 heteroatoms. The first-order valence-corrected chi connectivity index (χ1v) is 10.0. The minimum atomic E-state index is 0.125. The van der Waals surface area contributed by atoms with Gasteiger partial charge in [-0.05, 0) is 48.4 Å². The fraction of sp³-hybridized carbons (Fsp3) is 0.579. The van der Waals surface area contributed by atoms with Gasteiger partial charge in [-0.15, -0.1) is 11.8 Å². The summed E-state index contributed by atoms with van der Waals surface area (Å²) in [5, 5.41) is 5.39. The summed E-state index contributed by atoms with van der Waals surface area (Å²) in [4.78, 5) is 5.81. The Kier molecular flexibility index (Phi) is 5.76. The number of rotatable bonds is 5. The summed E-state index contributed by atoms with van der Waals surface area (Å²) in [6.45, 7) is 4.58. The van der Waals surface area contributed by atoms with Gasteiger partial charge >= 0.3 is 0 Å². The van der Waals surface area contributed by atoms with Crippen molar-refractivity contribution >= 4 is 23.4 Å². The Morgan fingerprint density at radius 1 is 1.32 bits per heavy atom. The van der Waals surface area contributed by atoms with Gasteiger partial charge in [0, 0.05) is 29.8 Å². The van der Waals surface area contributed by atoms with Gasteiger partial charge in [-0.1, -0.05) is 25.4 Å². The molecular weight excluding hydrogens is 354 g/mol. The van der Waals surface area contributed by atoms with Crippen molar-refractivity contribution in [1.29, 1.82) is 0 Å². The van der Waals surface area contributed by atoms with E-state index in [1.807, 2.05) is 38.1 Å². The number of nitrogens with zero attached hydrogens (tertiary/aromatic N) is 3. The normalized spacial score (nSPS) is 25.9. The fourth-order valence-electron chi connectivity index (χ4n) is 3.85. The van der Waals surface area contributed by atoms with Crippen molar-refractivity contribution in [3.8, 4) is 0 Å². The number of aromatic nitrogens is 3. The second-order valence-electron chi connectivity index (χ2n) is 7.51. The van der Waals surface area contributed by atoms with Crippen molar-refractivity contribution in [3.63, 3.8) is 0 Å². The number of hydrogen-bond acceptors (Lipinski definition) is 4. The summed E-state index contributed by atoms with van der Waals surface area (Å²) in [6, 6.07) is 8.07. The van der Waals surface area contributed by atoms with E-state index < -0.39 is 0 Å². The Hall–Kier alpha value is -1.04. The first kappa shape index (κ1) is 18.7. The monoisotopic (exact) mass is 379 g/mol. The molecule has 1 aliphatic carbocycles. The predicted octanol–water partition coefficient (Wildman–Crippen LogP) is 4.80. The molecule has 1 heterocycles. The van der Waals surface area contributed by atoms with Crippen molar-refractivity contribution in [2.24, 2.45) is 18.4 Å². The fourth-order valence-corrected chi connectivity index (χ4v) is 5.09. The third-order valence-corrected chi connectivity index (χ3v) is 6.66. The Labute approximate surface area is 159 Å². The molecule has 0 radical (unpaired) electrons. The summed E-state index contributed by atoms with van der Waals surface area (Å²) in [6.07, 6.45) is 4.23. The molecule has 3 atom stereocenters. The number of hydrogen-bond donors (Lipinski definition) is 0. The molecule has 1 aromatic carbocycles. The second-order valence-corrected chi connectivity index (χ2v) is 9.04. The summed E-state index contributed by atoms with van der Waals surface area (Å²) < 4.78 is 7.75. The second kappa shape index (κ2) is 7.68. The highest BCUT2D eigenvalue weighted by atomic mass is 35.5. The Morgan fingerprint density at radius 3 is 2.64 bits per heavy atom. The molecule has 0 bridgehead atoms. The average Bonchev–Trinajstić information content (AvgIpc) is 3.00. The van der Waals surface area contributed by atoms with Crippen LogP contribution in [0.2, 0.25) is 5.02 Å². The first-order valence-electron chi connectivity index (χ1n) is 8.67. The maximum atomic E-state index is 5.99. The van der Waals surface area contributed by atoms with Crippen molar-refractivity contribution in [1.82, 2.24) is 14.8 Å². The van der Waals surface area contributed by atoms with Gasteiger partial charge in [-0.25, -0.2) is 4.98 Å². The van der Waals surface area contributed by atoms with Gasteiger partial charge in [0.2, 0.25) is 0 Å². The van der Waals surface area contributed by atoms with Crippen LogP contribution in [0.1, 0.15) is 38.4 Å². The lowest BCUT2D eigenvalue weighted by molar-refractivity contribution is -0.0564. The number of methoxy groups -OCH3 is 1. The molecule has 0 amide bonds. The minimum absolute atomic E-state index is 0.125. The van der Waals surface area contributed by atoms with Crippen molar-refractivity contribution < 1.29 is 4.74 Å². The molecule has 0 aliphatic heterocycles. The molecule has 136 valence electrons. The summed E-state index contributed by atoms with van der Waals surface area (Å²) in [7, 11) is 3.74. The van der Waals surface area contributed by atoms with Gasteiger partial charge in [-0.3, -0.25) is 4.68 Å². The Bertz CT molecular complexity index is 701. The van der Waals surface area contributed by atoms with E-state index in [1.165, 1.54) is 4.90 Å². The van der Waals surface area contributed by atoms with Crippen molar-refractivity contribution in [2.45, 2.75) is 43.6 Å². The van der Waals surface area contributed by atoms with Crippen LogP contribution < -0.4 is 0 Å². The summed E-state index contributed by atoms with van der Waals surface area (Å²) >= 11 is 7.87. The third kappa shape index (κ3) is 4.21. The number of thioether (sulfide) groups is 1. The molecule has 2 aromatic rings. The van der Waals surface area contributed by atoms with E-state index >= 15 is 0 Å². The maximum absolute atomic E-state index is 5.99. The standard InChI is InChI=1S/C19H26ClN3OS/c1-19(2)10-9-13(11-25-15-7-5-14(20)6-8-15)16(17(19)24-4)18-21-12-23(3)22-18/h5-8,12-13,16-17H,9-11H2,1-4H3. The molecule has 1 aliphatic rings. The first-order chi connectivity index (χ1) is 11.9. The molecule has 0 N–H and O–H groups in total. The highest BCUT2D eigenvalue weighted by Crippen LogP contribution is 2.48. The van der Waals surface area contributed by atoms with Crippen molar-refractivity contribution in [2.75, 3.05) is 12.9 Å². The van der Waals surface area contributed by atoms with Crippen LogP contribution in [-0.4, -0.2) is 33.7 Å². The van der Waals surface area contributed by atoms with Crippen molar-refractivity contribution in [3.05, 3.63) is 41.4 Å². The van der Waals surface area contributed by atoms with E-state index in [9.17, 15) is 0 Å². The molecule has 3 unspecified atom stereocenters. The highest BCUT2D eigenvalue weighted by Gasteiger charge is 2.46. The van der Waals surface area contributed by atoms with Crippen LogP contribution in [0.25, 0.3) is 0 Å². The van der Waals surface area contributed by atoms with E-state index in [-0.39, 0.29) is 17.4 Å². The quantitative estimate of drug-likeness (QED) is 0.700. The zero-order valence-electron chi connectivity index (χ0n) is 15.3. The number of halogens is 1. The SMILES string of the molecule is COC1C(c2ncn(C)n2)C(CSc2ccc(Cl)cc2)CCC1(C)C.